The molecule has 0 aliphatic rings. The third-order valence-corrected chi connectivity index (χ3v) is 4.25. The Bertz CT molecular complexity index is 783. The van der Waals surface area contributed by atoms with Crippen LogP contribution in [0.15, 0.2) is 53.6 Å². The van der Waals surface area contributed by atoms with Gasteiger partial charge in [-0.2, -0.15) is 5.10 Å². The van der Waals surface area contributed by atoms with Crippen LogP contribution in [0, 0.1) is 0 Å². The molecule has 5 heteroatoms. The van der Waals surface area contributed by atoms with Crippen LogP contribution in [-0.4, -0.2) is 25.8 Å². The summed E-state index contributed by atoms with van der Waals surface area (Å²) in [6.07, 6.45) is 0.739. The van der Waals surface area contributed by atoms with Gasteiger partial charge in [-0.05, 0) is 42.5 Å². The van der Waals surface area contributed by atoms with Gasteiger partial charge in [-0.1, -0.05) is 44.2 Å². The summed E-state index contributed by atoms with van der Waals surface area (Å²) < 4.78 is 10.4. The Hall–Kier alpha value is -2.82. The number of carbonyl (C=O) groups excluding carboxylic acids is 1. The van der Waals surface area contributed by atoms with Crippen LogP contribution in [-0.2, 0) is 5.41 Å². The van der Waals surface area contributed by atoms with E-state index in [4.69, 9.17) is 9.47 Å². The van der Waals surface area contributed by atoms with Crippen LogP contribution in [0.25, 0.3) is 0 Å². The highest BCUT2D eigenvalue weighted by Gasteiger charge is 2.21. The average molecular weight is 354 g/mol. The highest BCUT2D eigenvalue weighted by atomic mass is 16.5. The van der Waals surface area contributed by atoms with Gasteiger partial charge in [0.1, 0.15) is 0 Å². The lowest BCUT2D eigenvalue weighted by Gasteiger charge is -2.25. The summed E-state index contributed by atoms with van der Waals surface area (Å²) in [7, 11) is 3.09. The Morgan fingerprint density at radius 1 is 1.04 bits per heavy atom. The van der Waals surface area contributed by atoms with Crippen LogP contribution in [0.3, 0.4) is 0 Å². The zero-order valence-electron chi connectivity index (χ0n) is 16.0. The predicted molar refractivity (Wildman–Crippen MR) is 104 cm³/mol. The van der Waals surface area contributed by atoms with Crippen molar-refractivity contribution in [1.82, 2.24) is 5.43 Å². The summed E-state index contributed by atoms with van der Waals surface area (Å²) in [6.45, 7) is 6.24. The molecule has 0 heterocycles. The SMILES string of the molecule is COc1ccc(C(=O)N/N=C(\C)CC(C)(C)c2ccccc2)cc1OC. The summed E-state index contributed by atoms with van der Waals surface area (Å²) >= 11 is 0. The second kappa shape index (κ2) is 8.52. The number of carbonyl (C=O) groups is 1. The molecule has 1 N–H and O–H groups in total. The van der Waals surface area contributed by atoms with Gasteiger partial charge in [0.2, 0.25) is 0 Å². The van der Waals surface area contributed by atoms with Crippen LogP contribution in [0.5, 0.6) is 11.5 Å². The summed E-state index contributed by atoms with van der Waals surface area (Å²) in [5.74, 6) is 0.794. The molecule has 0 spiro atoms. The van der Waals surface area contributed by atoms with Gasteiger partial charge in [-0.15, -0.1) is 0 Å². The van der Waals surface area contributed by atoms with E-state index in [0.29, 0.717) is 17.1 Å². The average Bonchev–Trinajstić information content (AvgIpc) is 2.65. The largest absolute Gasteiger partial charge is 0.493 e. The fraction of sp³-hybridized carbons (Fsp3) is 0.333. The van der Waals surface area contributed by atoms with Crippen molar-refractivity contribution in [2.45, 2.75) is 32.6 Å². The fourth-order valence-corrected chi connectivity index (χ4v) is 2.86. The van der Waals surface area contributed by atoms with Crippen LogP contribution >= 0.6 is 0 Å². The normalized spacial score (nSPS) is 11.8. The Morgan fingerprint density at radius 2 is 1.69 bits per heavy atom. The number of nitrogens with zero attached hydrogens (tertiary/aromatic N) is 1. The summed E-state index contributed by atoms with van der Waals surface area (Å²) in [6, 6.07) is 15.3. The van der Waals surface area contributed by atoms with Gasteiger partial charge >= 0.3 is 0 Å². The number of hydrazone groups is 1. The van der Waals surface area contributed by atoms with Crippen molar-refractivity contribution in [1.29, 1.82) is 0 Å². The minimum atomic E-state index is -0.289. The molecule has 26 heavy (non-hydrogen) atoms. The van der Waals surface area contributed by atoms with Gasteiger partial charge in [0.25, 0.3) is 5.91 Å². The molecule has 5 nitrogen and oxygen atoms in total. The molecule has 2 rings (SSSR count). The lowest BCUT2D eigenvalue weighted by atomic mass is 9.80. The molecule has 0 saturated heterocycles. The third-order valence-electron chi connectivity index (χ3n) is 4.25. The highest BCUT2D eigenvalue weighted by molar-refractivity contribution is 5.96. The Labute approximate surface area is 155 Å². The number of amides is 1. The molecule has 0 aliphatic carbocycles. The van der Waals surface area contributed by atoms with Crippen LogP contribution in [0.4, 0.5) is 0 Å². The van der Waals surface area contributed by atoms with E-state index in [9.17, 15) is 4.79 Å². The summed E-state index contributed by atoms with van der Waals surface area (Å²) in [5.41, 5.74) is 5.10. The summed E-state index contributed by atoms with van der Waals surface area (Å²) in [5, 5.41) is 4.25. The first kappa shape index (κ1) is 19.5. The molecule has 0 bridgehead atoms. The first-order valence-corrected chi connectivity index (χ1v) is 8.48. The first-order valence-electron chi connectivity index (χ1n) is 8.48. The lowest BCUT2D eigenvalue weighted by Crippen LogP contribution is -2.24. The minimum Gasteiger partial charge on any atom is -0.493 e. The van der Waals surface area contributed by atoms with Crippen LogP contribution < -0.4 is 14.9 Å². The zero-order chi connectivity index (χ0) is 19.2. The fourth-order valence-electron chi connectivity index (χ4n) is 2.86. The number of ether oxygens (including phenoxy) is 2. The van der Waals surface area contributed by atoms with E-state index in [2.05, 4.69) is 36.5 Å². The van der Waals surface area contributed by atoms with E-state index in [1.165, 1.54) is 12.7 Å². The molecule has 2 aromatic carbocycles. The third kappa shape index (κ3) is 4.85. The molecule has 0 aliphatic heterocycles. The molecule has 0 saturated carbocycles. The molecular formula is C21H26N2O3. The van der Waals surface area contributed by atoms with Gasteiger partial charge in [-0.25, -0.2) is 5.43 Å². The van der Waals surface area contributed by atoms with Crippen molar-refractivity contribution in [3.63, 3.8) is 0 Å². The molecule has 0 fully saturated rings. The topological polar surface area (TPSA) is 59.9 Å². The monoisotopic (exact) mass is 354 g/mol. The smallest absolute Gasteiger partial charge is 0.271 e. The van der Waals surface area contributed by atoms with Gasteiger partial charge < -0.3 is 9.47 Å². The van der Waals surface area contributed by atoms with E-state index >= 15 is 0 Å². The summed E-state index contributed by atoms with van der Waals surface area (Å²) in [4.78, 5) is 12.3. The van der Waals surface area contributed by atoms with Gasteiger partial charge in [0, 0.05) is 11.3 Å². The number of hydrogen-bond acceptors (Lipinski definition) is 4. The van der Waals surface area contributed by atoms with Crippen molar-refractivity contribution in [2.75, 3.05) is 14.2 Å². The van der Waals surface area contributed by atoms with Crippen molar-refractivity contribution < 1.29 is 14.3 Å². The molecule has 0 unspecified atom stereocenters. The highest BCUT2D eigenvalue weighted by Crippen LogP contribution is 2.28. The Morgan fingerprint density at radius 3 is 2.31 bits per heavy atom. The van der Waals surface area contributed by atoms with E-state index in [1.807, 2.05) is 25.1 Å². The van der Waals surface area contributed by atoms with Crippen molar-refractivity contribution >= 4 is 11.6 Å². The Kier molecular flexibility index (Phi) is 6.39. The van der Waals surface area contributed by atoms with E-state index in [-0.39, 0.29) is 11.3 Å². The molecule has 2 aromatic rings. The number of benzene rings is 2. The van der Waals surface area contributed by atoms with Crippen LogP contribution in [0.1, 0.15) is 43.1 Å². The molecule has 1 amide bonds. The van der Waals surface area contributed by atoms with E-state index in [1.54, 1.807) is 25.3 Å². The number of rotatable bonds is 7. The zero-order valence-corrected chi connectivity index (χ0v) is 16.0. The minimum absolute atomic E-state index is 0.0666. The van der Waals surface area contributed by atoms with Gasteiger partial charge in [0.05, 0.1) is 14.2 Å². The molecule has 0 aromatic heterocycles. The van der Waals surface area contributed by atoms with Gasteiger partial charge in [-0.3, -0.25) is 4.79 Å². The number of nitrogens with one attached hydrogen (secondary N) is 1. The maximum absolute atomic E-state index is 12.3. The maximum atomic E-state index is 12.3. The number of methoxy groups -OCH3 is 2. The molecule has 0 atom stereocenters. The second-order valence-electron chi connectivity index (χ2n) is 6.78. The van der Waals surface area contributed by atoms with Gasteiger partial charge in [0.15, 0.2) is 11.5 Å². The quantitative estimate of drug-likeness (QED) is 0.599. The molecular weight excluding hydrogens is 328 g/mol. The Balaban J connectivity index is 2.05. The van der Waals surface area contributed by atoms with E-state index in [0.717, 1.165) is 12.1 Å². The first-order chi connectivity index (χ1) is 12.4. The van der Waals surface area contributed by atoms with Crippen molar-refractivity contribution in [2.24, 2.45) is 5.10 Å². The van der Waals surface area contributed by atoms with Crippen LogP contribution in [0.2, 0.25) is 0 Å². The molecule has 138 valence electrons. The van der Waals surface area contributed by atoms with Crippen molar-refractivity contribution in [3.05, 3.63) is 59.7 Å². The van der Waals surface area contributed by atoms with Crippen molar-refractivity contribution in [3.8, 4) is 11.5 Å². The second-order valence-corrected chi connectivity index (χ2v) is 6.78. The maximum Gasteiger partial charge on any atom is 0.271 e. The standard InChI is InChI=1S/C21H26N2O3/c1-15(14-21(2,3)17-9-7-6-8-10-17)22-23-20(24)16-11-12-18(25-4)19(13-16)26-5/h6-13H,14H2,1-5H3,(H,23,24)/b22-15+. The van der Waals surface area contributed by atoms with E-state index < -0.39 is 0 Å². The number of hydrogen-bond donors (Lipinski definition) is 1. The predicted octanol–water partition coefficient (Wildman–Crippen LogP) is 4.18. The molecule has 0 radical (unpaired) electrons. The lowest BCUT2D eigenvalue weighted by molar-refractivity contribution is 0.0954.